The maximum Gasteiger partial charge on any atom is 0.0175 e. The van der Waals surface area contributed by atoms with Gasteiger partial charge in [0.2, 0.25) is 0 Å². The molecule has 0 spiro atoms. The number of nitrogens with zero attached hydrogens (tertiary/aromatic N) is 1. The van der Waals surface area contributed by atoms with E-state index in [9.17, 15) is 0 Å². The molecule has 1 aliphatic heterocycles. The molecule has 2 saturated carbocycles. The molecule has 2 aliphatic carbocycles. The fourth-order valence-corrected chi connectivity index (χ4v) is 5.59. The second-order valence-corrected chi connectivity index (χ2v) is 9.00. The minimum Gasteiger partial charge on any atom is -0.313 e. The van der Waals surface area contributed by atoms with E-state index in [0.717, 1.165) is 23.9 Å². The molecule has 1 heterocycles. The van der Waals surface area contributed by atoms with Crippen LogP contribution in [0.15, 0.2) is 0 Å². The molecule has 0 aromatic heterocycles. The van der Waals surface area contributed by atoms with Crippen molar-refractivity contribution in [1.82, 2.24) is 10.2 Å². The lowest BCUT2D eigenvalue weighted by atomic mass is 9.68. The lowest BCUT2D eigenvalue weighted by molar-refractivity contribution is 0.105. The Morgan fingerprint density at radius 1 is 1.20 bits per heavy atom. The van der Waals surface area contributed by atoms with Crippen LogP contribution in [0.4, 0.5) is 0 Å². The zero-order chi connectivity index (χ0) is 14.5. The molecule has 1 saturated heterocycles. The Bertz CT molecular complexity index is 358. The smallest absolute Gasteiger partial charge is 0.0175 e. The monoisotopic (exact) mass is 278 g/mol. The van der Waals surface area contributed by atoms with Crippen LogP contribution in [0.3, 0.4) is 0 Å². The van der Waals surface area contributed by atoms with Gasteiger partial charge in [-0.2, -0.15) is 0 Å². The van der Waals surface area contributed by atoms with Crippen LogP contribution < -0.4 is 5.32 Å². The molecule has 0 aromatic rings. The van der Waals surface area contributed by atoms with Gasteiger partial charge < -0.3 is 10.2 Å². The molecular weight excluding hydrogens is 244 g/mol. The normalized spacial score (nSPS) is 43.8. The van der Waals surface area contributed by atoms with Crippen molar-refractivity contribution in [2.24, 2.45) is 22.7 Å². The molecule has 0 amide bonds. The van der Waals surface area contributed by atoms with Gasteiger partial charge in [0, 0.05) is 18.6 Å². The molecule has 2 bridgehead atoms. The van der Waals surface area contributed by atoms with Crippen LogP contribution >= 0.6 is 0 Å². The summed E-state index contributed by atoms with van der Waals surface area (Å²) in [6, 6.07) is 1.46. The lowest BCUT2D eigenvalue weighted by Gasteiger charge is -2.43. The van der Waals surface area contributed by atoms with E-state index in [4.69, 9.17) is 0 Å². The van der Waals surface area contributed by atoms with Crippen molar-refractivity contribution in [3.63, 3.8) is 0 Å². The number of hydrogen-bond acceptors (Lipinski definition) is 2. The Labute approximate surface area is 125 Å². The van der Waals surface area contributed by atoms with Crippen LogP contribution in [0.25, 0.3) is 0 Å². The average Bonchev–Trinajstić information content (AvgIpc) is 2.99. The first kappa shape index (κ1) is 14.8. The zero-order valence-corrected chi connectivity index (χ0v) is 14.2. The third-order valence-corrected chi connectivity index (χ3v) is 6.93. The van der Waals surface area contributed by atoms with Gasteiger partial charge in [-0.05, 0) is 75.3 Å². The van der Waals surface area contributed by atoms with Gasteiger partial charge in [-0.1, -0.05) is 20.8 Å². The molecule has 4 atom stereocenters. The molecular formula is C18H34N2. The summed E-state index contributed by atoms with van der Waals surface area (Å²) in [5.74, 6) is 1.83. The van der Waals surface area contributed by atoms with Crippen molar-refractivity contribution in [1.29, 1.82) is 0 Å². The van der Waals surface area contributed by atoms with Gasteiger partial charge >= 0.3 is 0 Å². The van der Waals surface area contributed by atoms with E-state index in [0.29, 0.717) is 10.8 Å². The van der Waals surface area contributed by atoms with E-state index in [2.05, 4.69) is 44.8 Å². The van der Waals surface area contributed by atoms with Crippen LogP contribution in [0.5, 0.6) is 0 Å². The summed E-state index contributed by atoms with van der Waals surface area (Å²) in [6.07, 6.45) is 5.76. The maximum absolute atomic E-state index is 4.02. The molecule has 116 valence electrons. The fourth-order valence-electron chi connectivity index (χ4n) is 5.59. The van der Waals surface area contributed by atoms with Gasteiger partial charge in [-0.15, -0.1) is 0 Å². The summed E-state index contributed by atoms with van der Waals surface area (Å²) in [6.45, 7) is 16.1. The Morgan fingerprint density at radius 2 is 1.95 bits per heavy atom. The predicted octanol–water partition coefficient (Wildman–Crippen LogP) is 3.52. The summed E-state index contributed by atoms with van der Waals surface area (Å²) < 4.78 is 0. The van der Waals surface area contributed by atoms with Gasteiger partial charge in [0.1, 0.15) is 0 Å². The van der Waals surface area contributed by atoms with Crippen molar-refractivity contribution in [3.8, 4) is 0 Å². The van der Waals surface area contributed by atoms with Crippen LogP contribution in [0, 0.1) is 22.7 Å². The molecule has 3 fully saturated rings. The summed E-state index contributed by atoms with van der Waals surface area (Å²) in [4.78, 5) is 2.64. The number of nitrogens with one attached hydrogen (secondary N) is 1. The second-order valence-electron chi connectivity index (χ2n) is 9.00. The summed E-state index contributed by atoms with van der Waals surface area (Å²) in [7, 11) is 0. The topological polar surface area (TPSA) is 15.3 Å². The summed E-state index contributed by atoms with van der Waals surface area (Å²) in [5, 5.41) is 4.02. The van der Waals surface area contributed by atoms with Gasteiger partial charge in [-0.25, -0.2) is 0 Å². The van der Waals surface area contributed by atoms with Crippen LogP contribution in [0.2, 0.25) is 0 Å². The molecule has 3 aliphatic rings. The molecule has 0 aromatic carbocycles. The average molecular weight is 278 g/mol. The SMILES string of the molecule is CC(C)N1CCC(CNC2C3(C)CCC(C3)C2(C)C)C1. The van der Waals surface area contributed by atoms with Crippen molar-refractivity contribution in [2.45, 2.75) is 72.4 Å². The molecule has 4 unspecified atom stereocenters. The van der Waals surface area contributed by atoms with Gasteiger partial charge in [0.25, 0.3) is 0 Å². The van der Waals surface area contributed by atoms with Crippen molar-refractivity contribution >= 4 is 0 Å². The highest BCUT2D eigenvalue weighted by atomic mass is 15.2. The molecule has 0 radical (unpaired) electrons. The Morgan fingerprint density at radius 3 is 2.50 bits per heavy atom. The fraction of sp³-hybridized carbons (Fsp3) is 1.00. The first-order valence-corrected chi connectivity index (χ1v) is 8.80. The highest BCUT2D eigenvalue weighted by Crippen LogP contribution is 2.62. The van der Waals surface area contributed by atoms with Gasteiger partial charge in [0.15, 0.2) is 0 Å². The third kappa shape index (κ3) is 2.33. The number of likely N-dealkylation sites (tertiary alicyclic amines) is 1. The van der Waals surface area contributed by atoms with E-state index in [1.54, 1.807) is 0 Å². The molecule has 20 heavy (non-hydrogen) atoms. The van der Waals surface area contributed by atoms with Crippen LogP contribution in [0.1, 0.15) is 60.3 Å². The first-order valence-electron chi connectivity index (χ1n) is 8.80. The van der Waals surface area contributed by atoms with Crippen molar-refractivity contribution in [3.05, 3.63) is 0 Å². The van der Waals surface area contributed by atoms with E-state index >= 15 is 0 Å². The maximum atomic E-state index is 4.02. The Hall–Kier alpha value is -0.0800. The lowest BCUT2D eigenvalue weighted by Crippen LogP contribution is -2.51. The highest BCUT2D eigenvalue weighted by Gasteiger charge is 2.58. The van der Waals surface area contributed by atoms with E-state index in [-0.39, 0.29) is 0 Å². The van der Waals surface area contributed by atoms with Crippen molar-refractivity contribution in [2.75, 3.05) is 19.6 Å². The van der Waals surface area contributed by atoms with Crippen LogP contribution in [-0.4, -0.2) is 36.6 Å². The third-order valence-electron chi connectivity index (χ3n) is 6.93. The standard InChI is InChI=1S/C18H34N2/c1-13(2)20-9-7-14(12-20)11-19-16-17(3,4)15-6-8-18(16,5)10-15/h13-16,19H,6-12H2,1-5H3. The first-order chi connectivity index (χ1) is 9.33. The Balaban J connectivity index is 1.57. The summed E-state index contributed by atoms with van der Waals surface area (Å²) in [5.41, 5.74) is 1.08. The van der Waals surface area contributed by atoms with Gasteiger partial charge in [0.05, 0.1) is 0 Å². The Kier molecular flexibility index (Phi) is 3.70. The number of fused-ring (bicyclic) bond motifs is 2. The molecule has 3 rings (SSSR count). The minimum absolute atomic E-state index is 0.503. The van der Waals surface area contributed by atoms with E-state index in [1.807, 2.05) is 0 Å². The predicted molar refractivity (Wildman–Crippen MR) is 85.8 cm³/mol. The number of hydrogen-bond donors (Lipinski definition) is 1. The molecule has 2 heteroatoms. The minimum atomic E-state index is 0.503. The molecule has 2 nitrogen and oxygen atoms in total. The highest BCUT2D eigenvalue weighted by molar-refractivity contribution is 5.12. The zero-order valence-electron chi connectivity index (χ0n) is 14.2. The molecule has 1 N–H and O–H groups in total. The second kappa shape index (κ2) is 4.98. The largest absolute Gasteiger partial charge is 0.313 e. The number of rotatable bonds is 4. The van der Waals surface area contributed by atoms with E-state index < -0.39 is 0 Å². The quantitative estimate of drug-likeness (QED) is 0.846. The van der Waals surface area contributed by atoms with Crippen LogP contribution in [-0.2, 0) is 0 Å². The summed E-state index contributed by atoms with van der Waals surface area (Å²) >= 11 is 0. The van der Waals surface area contributed by atoms with Crippen molar-refractivity contribution < 1.29 is 0 Å². The van der Waals surface area contributed by atoms with Gasteiger partial charge in [-0.3, -0.25) is 0 Å². The van der Waals surface area contributed by atoms with E-state index in [1.165, 1.54) is 45.3 Å².